The minimum absolute atomic E-state index is 0.0477. The highest BCUT2D eigenvalue weighted by atomic mass is 32.2. The summed E-state index contributed by atoms with van der Waals surface area (Å²) in [4.78, 5) is 12.7. The summed E-state index contributed by atoms with van der Waals surface area (Å²) in [6.45, 7) is 5.48. The molecular formula is C21H24N4O3S. The van der Waals surface area contributed by atoms with Gasteiger partial charge in [-0.1, -0.05) is 37.7 Å². The molecule has 0 spiro atoms. The standard InChI is InChI=1S/C21H24N4O3S/c1-14(2)20(15-7-8-16-17(12-15)28-11-5-10-27-16)22-19(26)13-29-21-24-23-18-6-3-4-9-25(18)21/h3-4,6-9,12,14,20H,5,10-11,13H2,1-2H3,(H,22,26)/t20-/m0/s1. The van der Waals surface area contributed by atoms with Crippen LogP contribution in [0, 0.1) is 5.92 Å². The third kappa shape index (κ3) is 4.48. The van der Waals surface area contributed by atoms with Crippen LogP contribution in [-0.2, 0) is 4.79 Å². The minimum atomic E-state index is -0.115. The van der Waals surface area contributed by atoms with Crippen molar-refractivity contribution in [2.75, 3.05) is 19.0 Å². The molecule has 1 aliphatic rings. The van der Waals surface area contributed by atoms with Crippen LogP contribution in [0.3, 0.4) is 0 Å². The molecule has 0 aliphatic carbocycles. The first-order valence-electron chi connectivity index (χ1n) is 9.73. The summed E-state index contributed by atoms with van der Waals surface area (Å²) in [6.07, 6.45) is 2.76. The van der Waals surface area contributed by atoms with Gasteiger partial charge in [0.1, 0.15) is 0 Å². The molecule has 1 amide bonds. The molecule has 3 aromatic rings. The highest BCUT2D eigenvalue weighted by molar-refractivity contribution is 7.99. The molecule has 1 aromatic carbocycles. The maximum atomic E-state index is 12.7. The van der Waals surface area contributed by atoms with E-state index < -0.39 is 0 Å². The Labute approximate surface area is 173 Å². The zero-order valence-electron chi connectivity index (χ0n) is 16.5. The van der Waals surface area contributed by atoms with Crippen LogP contribution in [-0.4, -0.2) is 39.5 Å². The first-order valence-corrected chi connectivity index (χ1v) is 10.7. The van der Waals surface area contributed by atoms with Crippen molar-refractivity contribution in [3.05, 3.63) is 48.2 Å². The second-order valence-electron chi connectivity index (χ2n) is 7.25. The van der Waals surface area contributed by atoms with Gasteiger partial charge in [-0.05, 0) is 35.7 Å². The van der Waals surface area contributed by atoms with Gasteiger partial charge in [0.15, 0.2) is 22.3 Å². The monoisotopic (exact) mass is 412 g/mol. The lowest BCUT2D eigenvalue weighted by Gasteiger charge is -2.23. The fourth-order valence-electron chi connectivity index (χ4n) is 3.27. The Kier molecular flexibility index (Phi) is 5.89. The van der Waals surface area contributed by atoms with Crippen molar-refractivity contribution >= 4 is 23.3 Å². The van der Waals surface area contributed by atoms with Gasteiger partial charge >= 0.3 is 0 Å². The van der Waals surface area contributed by atoms with Crippen molar-refractivity contribution < 1.29 is 14.3 Å². The molecule has 0 fully saturated rings. The quantitative estimate of drug-likeness (QED) is 0.625. The van der Waals surface area contributed by atoms with Crippen LogP contribution in [0.15, 0.2) is 47.8 Å². The lowest BCUT2D eigenvalue weighted by molar-refractivity contribution is -0.119. The third-order valence-corrected chi connectivity index (χ3v) is 5.67. The molecule has 152 valence electrons. The predicted octanol–water partition coefficient (Wildman–Crippen LogP) is 3.50. The van der Waals surface area contributed by atoms with E-state index in [1.807, 2.05) is 47.0 Å². The van der Waals surface area contributed by atoms with Gasteiger partial charge in [0.05, 0.1) is 25.0 Å². The number of rotatable bonds is 6. The van der Waals surface area contributed by atoms with E-state index in [1.54, 1.807) is 0 Å². The molecule has 0 saturated carbocycles. The largest absolute Gasteiger partial charge is 0.490 e. The second kappa shape index (κ2) is 8.73. The number of carbonyl (C=O) groups excluding carboxylic acids is 1. The number of nitrogens with one attached hydrogen (secondary N) is 1. The van der Waals surface area contributed by atoms with E-state index in [9.17, 15) is 4.79 Å². The third-order valence-electron chi connectivity index (χ3n) is 4.73. The van der Waals surface area contributed by atoms with E-state index in [2.05, 4.69) is 29.4 Å². The molecule has 0 unspecified atom stereocenters. The molecule has 1 atom stereocenters. The fourth-order valence-corrected chi connectivity index (χ4v) is 4.01. The number of amides is 1. The Morgan fingerprint density at radius 3 is 2.83 bits per heavy atom. The average Bonchev–Trinajstić information content (AvgIpc) is 2.99. The first-order chi connectivity index (χ1) is 14.1. The van der Waals surface area contributed by atoms with Crippen LogP contribution in [0.2, 0.25) is 0 Å². The SMILES string of the molecule is CC(C)[C@H](NC(=O)CSc1nnc2ccccn12)c1ccc2c(c1)OCCCO2. The predicted molar refractivity (Wildman–Crippen MR) is 111 cm³/mol. The van der Waals surface area contributed by atoms with E-state index in [4.69, 9.17) is 9.47 Å². The summed E-state index contributed by atoms with van der Waals surface area (Å²) in [5.41, 5.74) is 1.78. The zero-order chi connectivity index (χ0) is 20.2. The lowest BCUT2D eigenvalue weighted by atomic mass is 9.95. The van der Waals surface area contributed by atoms with E-state index >= 15 is 0 Å². The number of fused-ring (bicyclic) bond motifs is 2. The molecule has 0 saturated heterocycles. The molecule has 8 heteroatoms. The van der Waals surface area contributed by atoms with Gasteiger partial charge in [-0.15, -0.1) is 10.2 Å². The van der Waals surface area contributed by atoms with E-state index in [1.165, 1.54) is 11.8 Å². The van der Waals surface area contributed by atoms with Crippen molar-refractivity contribution in [2.24, 2.45) is 5.92 Å². The number of benzene rings is 1. The van der Waals surface area contributed by atoms with Gasteiger partial charge in [0.2, 0.25) is 5.91 Å². The van der Waals surface area contributed by atoms with Crippen molar-refractivity contribution in [1.29, 1.82) is 0 Å². The number of thioether (sulfide) groups is 1. The summed E-state index contributed by atoms with van der Waals surface area (Å²) in [5.74, 6) is 1.94. The van der Waals surface area contributed by atoms with Gasteiger partial charge in [-0.25, -0.2) is 0 Å². The number of hydrogen-bond donors (Lipinski definition) is 1. The van der Waals surface area contributed by atoms with Crippen LogP contribution < -0.4 is 14.8 Å². The Balaban J connectivity index is 1.44. The highest BCUT2D eigenvalue weighted by Crippen LogP contribution is 2.34. The fraction of sp³-hybridized carbons (Fsp3) is 0.381. The summed E-state index contributed by atoms with van der Waals surface area (Å²) in [6, 6.07) is 11.5. The normalized spacial score (nSPS) is 14.6. The first kappa shape index (κ1) is 19.6. The van der Waals surface area contributed by atoms with Gasteiger partial charge in [-0.2, -0.15) is 0 Å². The molecular weight excluding hydrogens is 388 g/mol. The smallest absolute Gasteiger partial charge is 0.230 e. The zero-order valence-corrected chi connectivity index (χ0v) is 17.3. The van der Waals surface area contributed by atoms with Crippen LogP contribution in [0.25, 0.3) is 5.65 Å². The maximum Gasteiger partial charge on any atom is 0.230 e. The van der Waals surface area contributed by atoms with Crippen LogP contribution in [0.5, 0.6) is 11.5 Å². The second-order valence-corrected chi connectivity index (χ2v) is 8.19. The summed E-state index contributed by atoms with van der Waals surface area (Å²) < 4.78 is 13.4. The van der Waals surface area contributed by atoms with Gasteiger partial charge < -0.3 is 14.8 Å². The van der Waals surface area contributed by atoms with Crippen LogP contribution in [0.1, 0.15) is 31.9 Å². The molecule has 1 aliphatic heterocycles. The van der Waals surface area contributed by atoms with Crippen molar-refractivity contribution in [2.45, 2.75) is 31.5 Å². The van der Waals surface area contributed by atoms with Crippen LogP contribution >= 0.6 is 11.8 Å². The number of nitrogens with zero attached hydrogens (tertiary/aromatic N) is 3. The lowest BCUT2D eigenvalue weighted by Crippen LogP contribution is -2.33. The van der Waals surface area contributed by atoms with Crippen molar-refractivity contribution in [1.82, 2.24) is 19.9 Å². The Bertz CT molecular complexity index is 1000. The molecule has 2 aromatic heterocycles. The highest BCUT2D eigenvalue weighted by Gasteiger charge is 2.21. The molecule has 7 nitrogen and oxygen atoms in total. The molecule has 0 bridgehead atoms. The molecule has 0 radical (unpaired) electrons. The van der Waals surface area contributed by atoms with Gasteiger partial charge in [0.25, 0.3) is 0 Å². The van der Waals surface area contributed by atoms with E-state index in [-0.39, 0.29) is 23.6 Å². The van der Waals surface area contributed by atoms with Crippen molar-refractivity contribution in [3.8, 4) is 11.5 Å². The molecule has 1 N–H and O–H groups in total. The van der Waals surface area contributed by atoms with Gasteiger partial charge in [0, 0.05) is 12.6 Å². The Morgan fingerprint density at radius 1 is 1.17 bits per heavy atom. The van der Waals surface area contributed by atoms with E-state index in [0.717, 1.165) is 29.1 Å². The number of ether oxygens (including phenoxy) is 2. The topological polar surface area (TPSA) is 77.8 Å². The van der Waals surface area contributed by atoms with Crippen molar-refractivity contribution in [3.63, 3.8) is 0 Å². The maximum absolute atomic E-state index is 12.7. The molecule has 29 heavy (non-hydrogen) atoms. The van der Waals surface area contributed by atoms with E-state index in [0.29, 0.717) is 18.4 Å². The Hall–Kier alpha value is -2.74. The number of pyridine rings is 1. The minimum Gasteiger partial charge on any atom is -0.490 e. The summed E-state index contributed by atoms with van der Waals surface area (Å²) in [5, 5.41) is 12.1. The Morgan fingerprint density at radius 2 is 2.00 bits per heavy atom. The molecule has 3 heterocycles. The van der Waals surface area contributed by atoms with Crippen LogP contribution in [0.4, 0.5) is 0 Å². The number of carbonyl (C=O) groups is 1. The number of aromatic nitrogens is 3. The summed E-state index contributed by atoms with van der Waals surface area (Å²) >= 11 is 1.37. The average molecular weight is 413 g/mol. The summed E-state index contributed by atoms with van der Waals surface area (Å²) in [7, 11) is 0. The molecule has 4 rings (SSSR count). The number of hydrogen-bond acceptors (Lipinski definition) is 6. The van der Waals surface area contributed by atoms with Gasteiger partial charge in [-0.3, -0.25) is 9.20 Å².